The number of ether oxygens (including phenoxy) is 1. The second-order valence-corrected chi connectivity index (χ2v) is 5.45. The van der Waals surface area contributed by atoms with Gasteiger partial charge in [-0.05, 0) is 55.3 Å². The lowest BCUT2D eigenvalue weighted by atomic mass is 9.91. The van der Waals surface area contributed by atoms with E-state index in [1.165, 1.54) is 18.2 Å². The molecule has 0 heterocycles. The van der Waals surface area contributed by atoms with Gasteiger partial charge in [-0.1, -0.05) is 18.2 Å². The summed E-state index contributed by atoms with van der Waals surface area (Å²) in [5.74, 6) is -0.487. The molecule has 0 aliphatic carbocycles. The summed E-state index contributed by atoms with van der Waals surface area (Å²) in [6.07, 6.45) is -3.92. The first-order valence-electron chi connectivity index (χ1n) is 7.63. The molecule has 6 heteroatoms. The Balaban J connectivity index is 2.16. The molecule has 0 aliphatic rings. The lowest BCUT2D eigenvalue weighted by Crippen LogP contribution is -2.15. The Morgan fingerprint density at radius 3 is 2.25 bits per heavy atom. The minimum atomic E-state index is -4.36. The van der Waals surface area contributed by atoms with Gasteiger partial charge in [-0.2, -0.15) is 13.2 Å². The van der Waals surface area contributed by atoms with Gasteiger partial charge in [0.05, 0.1) is 12.2 Å². The summed E-state index contributed by atoms with van der Waals surface area (Å²) in [6, 6.07) is 9.59. The molecule has 0 spiro atoms. The number of nitrogens with two attached hydrogens (primary N) is 1. The van der Waals surface area contributed by atoms with Crippen LogP contribution in [0.2, 0.25) is 0 Å². The zero-order chi connectivity index (χ0) is 17.7. The van der Waals surface area contributed by atoms with Crippen molar-refractivity contribution in [3.63, 3.8) is 0 Å². The number of hydrogen-bond acceptors (Lipinski definition) is 2. The highest BCUT2D eigenvalue weighted by Gasteiger charge is 2.30. The van der Waals surface area contributed by atoms with Crippen LogP contribution in [0.5, 0.6) is 5.75 Å². The van der Waals surface area contributed by atoms with E-state index in [4.69, 9.17) is 10.5 Å². The van der Waals surface area contributed by atoms with Crippen LogP contribution in [-0.2, 0) is 12.6 Å². The van der Waals surface area contributed by atoms with Crippen molar-refractivity contribution in [2.24, 2.45) is 5.73 Å². The van der Waals surface area contributed by atoms with E-state index in [1.54, 1.807) is 19.1 Å². The molecule has 0 aliphatic heterocycles. The Bertz CT molecular complexity index is 668. The summed E-state index contributed by atoms with van der Waals surface area (Å²) in [5.41, 5.74) is 6.48. The third kappa shape index (κ3) is 4.47. The molecule has 0 aromatic heterocycles. The normalized spacial score (nSPS) is 12.9. The molecule has 1 atom stereocenters. The minimum Gasteiger partial charge on any atom is -0.491 e. The van der Waals surface area contributed by atoms with Crippen LogP contribution < -0.4 is 10.5 Å². The fourth-order valence-corrected chi connectivity index (χ4v) is 2.50. The number of alkyl halides is 3. The van der Waals surface area contributed by atoms with Crippen LogP contribution in [0, 0.1) is 5.82 Å². The van der Waals surface area contributed by atoms with E-state index in [-0.39, 0.29) is 18.2 Å². The van der Waals surface area contributed by atoms with Gasteiger partial charge in [0.25, 0.3) is 0 Å². The zero-order valence-electron chi connectivity index (χ0n) is 13.2. The molecule has 0 saturated carbocycles. The first-order chi connectivity index (χ1) is 11.3. The molecule has 0 amide bonds. The SMILES string of the molecule is CCOc1ccc(C(CN)Cc2ccc(C(F)(F)F)cc2)cc1F. The van der Waals surface area contributed by atoms with E-state index < -0.39 is 17.6 Å². The molecule has 24 heavy (non-hydrogen) atoms. The topological polar surface area (TPSA) is 35.2 Å². The maximum Gasteiger partial charge on any atom is 0.416 e. The van der Waals surface area contributed by atoms with Crippen molar-refractivity contribution in [2.45, 2.75) is 25.4 Å². The largest absolute Gasteiger partial charge is 0.491 e. The number of rotatable bonds is 6. The average Bonchev–Trinajstić information content (AvgIpc) is 2.54. The van der Waals surface area contributed by atoms with Crippen LogP contribution in [0.25, 0.3) is 0 Å². The second kappa shape index (κ2) is 7.66. The molecule has 0 bridgehead atoms. The summed E-state index contributed by atoms with van der Waals surface area (Å²) in [7, 11) is 0. The monoisotopic (exact) mass is 341 g/mol. The predicted octanol–water partition coefficient (Wildman–Crippen LogP) is 4.53. The second-order valence-electron chi connectivity index (χ2n) is 5.45. The summed E-state index contributed by atoms with van der Waals surface area (Å²) < 4.78 is 56.9. The van der Waals surface area contributed by atoms with Crippen molar-refractivity contribution in [1.82, 2.24) is 0 Å². The number of hydrogen-bond donors (Lipinski definition) is 1. The Kier molecular flexibility index (Phi) is 5.83. The average molecular weight is 341 g/mol. The zero-order valence-corrected chi connectivity index (χ0v) is 13.2. The standard InChI is InChI=1S/C18H19F4NO/c1-2-24-17-8-5-13(10-16(17)19)14(11-23)9-12-3-6-15(7-4-12)18(20,21)22/h3-8,10,14H,2,9,11,23H2,1H3. The fraction of sp³-hybridized carbons (Fsp3) is 0.333. The minimum absolute atomic E-state index is 0.173. The van der Waals surface area contributed by atoms with Gasteiger partial charge in [-0.3, -0.25) is 0 Å². The van der Waals surface area contributed by atoms with Gasteiger partial charge in [0.15, 0.2) is 11.6 Å². The molecule has 1 unspecified atom stereocenters. The quantitative estimate of drug-likeness (QED) is 0.784. The summed E-state index contributed by atoms with van der Waals surface area (Å²) in [6.45, 7) is 2.39. The summed E-state index contributed by atoms with van der Waals surface area (Å²) in [4.78, 5) is 0. The number of benzene rings is 2. The molecule has 2 aromatic carbocycles. The molecule has 0 fully saturated rings. The Morgan fingerprint density at radius 1 is 1.08 bits per heavy atom. The smallest absolute Gasteiger partial charge is 0.416 e. The van der Waals surface area contributed by atoms with Gasteiger partial charge in [0.1, 0.15) is 0 Å². The van der Waals surface area contributed by atoms with Crippen molar-refractivity contribution in [3.05, 3.63) is 65.0 Å². The van der Waals surface area contributed by atoms with Crippen molar-refractivity contribution < 1.29 is 22.3 Å². The van der Waals surface area contributed by atoms with Crippen molar-refractivity contribution in [3.8, 4) is 5.75 Å². The van der Waals surface area contributed by atoms with Crippen LogP contribution in [0.4, 0.5) is 17.6 Å². The molecular weight excluding hydrogens is 322 g/mol. The predicted molar refractivity (Wildman–Crippen MR) is 84.5 cm³/mol. The van der Waals surface area contributed by atoms with Crippen LogP contribution in [0.3, 0.4) is 0 Å². The van der Waals surface area contributed by atoms with E-state index in [2.05, 4.69) is 0 Å². The fourth-order valence-electron chi connectivity index (χ4n) is 2.50. The maximum atomic E-state index is 14.0. The molecule has 2 N–H and O–H groups in total. The van der Waals surface area contributed by atoms with Gasteiger partial charge in [0.2, 0.25) is 0 Å². The van der Waals surface area contributed by atoms with E-state index in [9.17, 15) is 17.6 Å². The van der Waals surface area contributed by atoms with E-state index in [0.717, 1.165) is 12.1 Å². The third-order valence-corrected chi connectivity index (χ3v) is 3.78. The molecule has 2 rings (SSSR count). The molecule has 2 aromatic rings. The summed E-state index contributed by atoms with van der Waals surface area (Å²) in [5, 5.41) is 0. The molecule has 0 saturated heterocycles. The lowest BCUT2D eigenvalue weighted by molar-refractivity contribution is -0.137. The molecular formula is C18H19F4NO. The van der Waals surface area contributed by atoms with Gasteiger partial charge in [-0.25, -0.2) is 4.39 Å². The van der Waals surface area contributed by atoms with Gasteiger partial charge in [-0.15, -0.1) is 0 Å². The highest BCUT2D eigenvalue weighted by atomic mass is 19.4. The Labute approximate surface area is 138 Å². The van der Waals surface area contributed by atoms with E-state index in [1.807, 2.05) is 0 Å². The maximum absolute atomic E-state index is 14.0. The molecule has 0 radical (unpaired) electrons. The van der Waals surface area contributed by atoms with Crippen molar-refractivity contribution in [2.75, 3.05) is 13.2 Å². The highest BCUT2D eigenvalue weighted by Crippen LogP contribution is 2.30. The van der Waals surface area contributed by atoms with Gasteiger partial charge >= 0.3 is 6.18 Å². The first-order valence-corrected chi connectivity index (χ1v) is 7.63. The van der Waals surface area contributed by atoms with Crippen LogP contribution in [0.1, 0.15) is 29.5 Å². The molecule has 130 valence electrons. The van der Waals surface area contributed by atoms with Gasteiger partial charge in [0, 0.05) is 5.92 Å². The van der Waals surface area contributed by atoms with E-state index >= 15 is 0 Å². The van der Waals surface area contributed by atoms with Crippen LogP contribution >= 0.6 is 0 Å². The Hall–Kier alpha value is -2.08. The number of halogens is 4. The van der Waals surface area contributed by atoms with Crippen molar-refractivity contribution >= 4 is 0 Å². The van der Waals surface area contributed by atoms with Crippen LogP contribution in [-0.4, -0.2) is 13.2 Å². The van der Waals surface area contributed by atoms with E-state index in [0.29, 0.717) is 24.2 Å². The van der Waals surface area contributed by atoms with Crippen molar-refractivity contribution in [1.29, 1.82) is 0 Å². The third-order valence-electron chi connectivity index (χ3n) is 3.78. The Morgan fingerprint density at radius 2 is 1.75 bits per heavy atom. The first kappa shape index (κ1) is 18.3. The summed E-state index contributed by atoms with van der Waals surface area (Å²) >= 11 is 0. The van der Waals surface area contributed by atoms with Crippen LogP contribution in [0.15, 0.2) is 42.5 Å². The van der Waals surface area contributed by atoms with Gasteiger partial charge < -0.3 is 10.5 Å². The molecule has 2 nitrogen and oxygen atoms in total. The highest BCUT2D eigenvalue weighted by molar-refractivity contribution is 5.33. The lowest BCUT2D eigenvalue weighted by Gasteiger charge is -2.17.